The lowest BCUT2D eigenvalue weighted by molar-refractivity contribution is 0.597. The number of nitrogens with zero attached hydrogens (tertiary/aromatic N) is 1. The van der Waals surface area contributed by atoms with Crippen molar-refractivity contribution in [3.8, 4) is 55.6 Å². The van der Waals surface area contributed by atoms with Crippen molar-refractivity contribution in [1.29, 1.82) is 0 Å². The first-order valence-corrected chi connectivity index (χ1v) is 21.0. The monoisotopic (exact) mass is 767 g/mol. The van der Waals surface area contributed by atoms with Gasteiger partial charge in [-0.1, -0.05) is 184 Å². The lowest BCUT2D eigenvalue weighted by atomic mass is 9.81. The minimum atomic E-state index is -0.0610. The topological polar surface area (TPSA) is 16.4 Å². The Balaban J connectivity index is 1.03. The molecule has 0 N–H and O–H groups in total. The van der Waals surface area contributed by atoms with Gasteiger partial charge in [0.15, 0.2) is 0 Å². The molecule has 2 nitrogen and oxygen atoms in total. The molecular weight excluding hydrogens is 727 g/mol. The van der Waals surface area contributed by atoms with E-state index in [1.165, 1.54) is 66.8 Å². The van der Waals surface area contributed by atoms with Crippen molar-refractivity contribution >= 4 is 33.6 Å². The number of anilines is 2. The van der Waals surface area contributed by atoms with Crippen LogP contribution in [0.5, 0.6) is 0 Å². The van der Waals surface area contributed by atoms with E-state index in [1.807, 2.05) is 0 Å². The highest BCUT2D eigenvalue weighted by Crippen LogP contribution is 2.55. The van der Waals surface area contributed by atoms with Gasteiger partial charge in [0.2, 0.25) is 0 Å². The van der Waals surface area contributed by atoms with Gasteiger partial charge < -0.3 is 9.32 Å². The van der Waals surface area contributed by atoms with E-state index in [4.69, 9.17) is 4.42 Å². The van der Waals surface area contributed by atoms with E-state index in [-0.39, 0.29) is 11.3 Å². The Morgan fingerprint density at radius 3 is 1.82 bits per heavy atom. The van der Waals surface area contributed by atoms with Crippen molar-refractivity contribution in [2.45, 2.75) is 19.3 Å². The quantitative estimate of drug-likeness (QED) is 0.161. The zero-order chi connectivity index (χ0) is 40.0. The SMILES string of the molecule is CC1(C)c2ccccc2-c2ccc(-c3ccc(N(C4=C[C@H]5C=C5c5oc6ccccc6c54)c4ccccc4-c4ccccc4-c4ccccc4-c4ccccc4)cc3)cc21. The number of para-hydroxylation sites is 2. The molecule has 3 aliphatic carbocycles. The third-order valence-corrected chi connectivity index (χ3v) is 13.0. The van der Waals surface area contributed by atoms with E-state index in [9.17, 15) is 0 Å². The molecule has 9 aromatic rings. The van der Waals surface area contributed by atoms with Crippen molar-refractivity contribution < 1.29 is 4.42 Å². The molecule has 1 heterocycles. The summed E-state index contributed by atoms with van der Waals surface area (Å²) in [6.45, 7) is 4.70. The summed E-state index contributed by atoms with van der Waals surface area (Å²) in [5, 5.41) is 1.13. The van der Waals surface area contributed by atoms with E-state index in [2.05, 4.69) is 225 Å². The van der Waals surface area contributed by atoms with E-state index in [0.29, 0.717) is 0 Å². The van der Waals surface area contributed by atoms with Crippen molar-refractivity contribution in [3.63, 3.8) is 0 Å². The fourth-order valence-corrected chi connectivity index (χ4v) is 9.98. The van der Waals surface area contributed by atoms with Gasteiger partial charge in [-0.15, -0.1) is 0 Å². The number of fused-ring (bicyclic) bond motifs is 8. The minimum absolute atomic E-state index is 0.0610. The van der Waals surface area contributed by atoms with Crippen LogP contribution in [0.1, 0.15) is 36.3 Å². The summed E-state index contributed by atoms with van der Waals surface area (Å²) in [5.74, 6) is 1.22. The van der Waals surface area contributed by atoms with Gasteiger partial charge in [-0.2, -0.15) is 0 Å². The van der Waals surface area contributed by atoms with Crippen LogP contribution in [0.25, 0.3) is 77.9 Å². The summed E-state index contributed by atoms with van der Waals surface area (Å²) in [7, 11) is 0. The summed E-state index contributed by atoms with van der Waals surface area (Å²) in [5.41, 5.74) is 21.7. The Hall–Kier alpha value is -7.42. The molecule has 1 aromatic heterocycles. The fraction of sp³-hybridized carbons (Fsp3) is 0.0690. The maximum Gasteiger partial charge on any atom is 0.141 e. The second-order valence-electron chi connectivity index (χ2n) is 16.8. The highest BCUT2D eigenvalue weighted by molar-refractivity contribution is 6.09. The maximum absolute atomic E-state index is 6.66. The van der Waals surface area contributed by atoms with Gasteiger partial charge in [-0.25, -0.2) is 0 Å². The first-order chi connectivity index (χ1) is 29.5. The molecule has 60 heavy (non-hydrogen) atoms. The molecule has 3 aliphatic rings. The minimum Gasteiger partial charge on any atom is -0.456 e. The van der Waals surface area contributed by atoms with Crippen molar-refractivity contribution in [3.05, 3.63) is 229 Å². The van der Waals surface area contributed by atoms with Crippen LogP contribution in [0.2, 0.25) is 0 Å². The van der Waals surface area contributed by atoms with E-state index in [0.717, 1.165) is 44.9 Å². The second-order valence-corrected chi connectivity index (χ2v) is 16.8. The van der Waals surface area contributed by atoms with Gasteiger partial charge in [0.25, 0.3) is 0 Å². The lowest BCUT2D eigenvalue weighted by Gasteiger charge is -2.32. The van der Waals surface area contributed by atoms with Crippen LogP contribution in [0.4, 0.5) is 11.4 Å². The van der Waals surface area contributed by atoms with E-state index in [1.54, 1.807) is 0 Å². The molecule has 8 aromatic carbocycles. The van der Waals surface area contributed by atoms with E-state index < -0.39 is 0 Å². The van der Waals surface area contributed by atoms with Gasteiger partial charge in [-0.3, -0.25) is 0 Å². The van der Waals surface area contributed by atoms with Crippen molar-refractivity contribution in [2.75, 3.05) is 4.90 Å². The number of furan rings is 1. The van der Waals surface area contributed by atoms with Crippen LogP contribution >= 0.6 is 0 Å². The Kier molecular flexibility index (Phi) is 7.68. The molecule has 0 fully saturated rings. The number of rotatable bonds is 7. The molecule has 284 valence electrons. The van der Waals surface area contributed by atoms with Crippen LogP contribution in [-0.2, 0) is 5.41 Å². The van der Waals surface area contributed by atoms with Crippen LogP contribution in [-0.4, -0.2) is 0 Å². The van der Waals surface area contributed by atoms with E-state index >= 15 is 0 Å². The number of hydrogen-bond acceptors (Lipinski definition) is 2. The van der Waals surface area contributed by atoms with Crippen LogP contribution in [0.3, 0.4) is 0 Å². The molecule has 0 bridgehead atoms. The van der Waals surface area contributed by atoms with Crippen LogP contribution < -0.4 is 4.90 Å². The van der Waals surface area contributed by atoms with Gasteiger partial charge >= 0.3 is 0 Å². The summed E-state index contributed by atoms with van der Waals surface area (Å²) in [6, 6.07) is 70.8. The average Bonchev–Trinajstić information content (AvgIpc) is 3.93. The fourth-order valence-electron chi connectivity index (χ4n) is 9.98. The zero-order valence-corrected chi connectivity index (χ0v) is 33.6. The Morgan fingerprint density at radius 1 is 0.450 bits per heavy atom. The molecule has 0 unspecified atom stereocenters. The molecule has 0 saturated carbocycles. The predicted molar refractivity (Wildman–Crippen MR) is 250 cm³/mol. The molecule has 0 aliphatic heterocycles. The molecule has 0 radical (unpaired) electrons. The average molecular weight is 768 g/mol. The third-order valence-electron chi connectivity index (χ3n) is 13.0. The Labute approximate surface area is 351 Å². The normalized spacial score (nSPS) is 15.3. The molecule has 12 rings (SSSR count). The standard InChI is InChI=1S/C58H41NO/c1-58(2)51-25-13-10-22-46(51)47-33-30-39(35-52(47)58)37-28-31-41(32-29-37)59(54-36-40-34-50(40)57-56(54)49-24-12-15-27-55(49)60-57)53-26-14-11-23-48(53)45-21-9-8-20-44(45)43-19-7-6-18-42(43)38-16-4-3-5-17-38/h3-36,40H,1-2H3/t40-/m1/s1. The van der Waals surface area contributed by atoms with Gasteiger partial charge in [-0.05, 0) is 97.6 Å². The number of benzene rings is 8. The van der Waals surface area contributed by atoms with Crippen molar-refractivity contribution in [1.82, 2.24) is 0 Å². The second kappa shape index (κ2) is 13.3. The summed E-state index contributed by atoms with van der Waals surface area (Å²) >= 11 is 0. The van der Waals surface area contributed by atoms with Crippen molar-refractivity contribution in [2.24, 2.45) is 5.92 Å². The van der Waals surface area contributed by atoms with Gasteiger partial charge in [0, 0.05) is 33.5 Å². The molecule has 0 spiro atoms. The van der Waals surface area contributed by atoms with Gasteiger partial charge in [0.1, 0.15) is 11.3 Å². The highest BCUT2D eigenvalue weighted by atomic mass is 16.3. The Bertz CT molecular complexity index is 3230. The first kappa shape index (κ1) is 34.6. The predicted octanol–water partition coefficient (Wildman–Crippen LogP) is 15.6. The molecular formula is C58H41NO. The van der Waals surface area contributed by atoms with Gasteiger partial charge in [0.05, 0.1) is 16.9 Å². The third kappa shape index (κ3) is 5.34. The summed E-state index contributed by atoms with van der Waals surface area (Å²) < 4.78 is 6.66. The largest absolute Gasteiger partial charge is 0.456 e. The molecule has 1 atom stereocenters. The molecule has 0 amide bonds. The number of allylic oxidation sites excluding steroid dienone is 3. The lowest BCUT2D eigenvalue weighted by Crippen LogP contribution is -2.18. The first-order valence-electron chi connectivity index (χ1n) is 21.0. The zero-order valence-electron chi connectivity index (χ0n) is 33.6. The molecule has 2 heteroatoms. The highest BCUT2D eigenvalue weighted by Gasteiger charge is 2.39. The van der Waals surface area contributed by atoms with Crippen LogP contribution in [0, 0.1) is 5.92 Å². The summed E-state index contributed by atoms with van der Waals surface area (Å²) in [6.07, 6.45) is 4.76. The maximum atomic E-state index is 6.66. The summed E-state index contributed by atoms with van der Waals surface area (Å²) in [4.78, 5) is 2.48. The smallest absolute Gasteiger partial charge is 0.141 e. The Morgan fingerprint density at radius 2 is 1.03 bits per heavy atom. The van der Waals surface area contributed by atoms with Crippen LogP contribution in [0.15, 0.2) is 211 Å². The number of hydrogen-bond donors (Lipinski definition) is 0. The molecule has 0 saturated heterocycles.